The molecule has 0 spiro atoms. The van der Waals surface area contributed by atoms with Gasteiger partial charge >= 0.3 is 0 Å². The van der Waals surface area contributed by atoms with Crippen molar-refractivity contribution in [3.63, 3.8) is 0 Å². The zero-order valence-corrected chi connectivity index (χ0v) is 13.7. The van der Waals surface area contributed by atoms with Crippen molar-refractivity contribution in [1.29, 1.82) is 5.26 Å². The number of anilines is 1. The van der Waals surface area contributed by atoms with Crippen molar-refractivity contribution in [1.82, 2.24) is 9.88 Å². The Hall–Kier alpha value is -1.60. The minimum atomic E-state index is 0.402. The molecule has 2 rings (SSSR count). The molecule has 4 nitrogen and oxygen atoms in total. The fraction of sp³-hybridized carbons (Fsp3) is 0.647. The van der Waals surface area contributed by atoms with E-state index in [1.54, 1.807) is 0 Å². The Morgan fingerprint density at radius 2 is 1.90 bits per heavy atom. The maximum atomic E-state index is 9.57. The minimum absolute atomic E-state index is 0.402. The van der Waals surface area contributed by atoms with Gasteiger partial charge in [-0.2, -0.15) is 5.26 Å². The van der Waals surface area contributed by atoms with Crippen LogP contribution in [0.25, 0.3) is 0 Å². The Kier molecular flexibility index (Phi) is 5.19. The monoisotopic (exact) mass is 286 g/mol. The van der Waals surface area contributed by atoms with Crippen LogP contribution < -0.4 is 5.32 Å². The molecular formula is C17H26N4. The normalized spacial score (nSPS) is 14.1. The molecule has 0 aliphatic heterocycles. The molecule has 0 radical (unpaired) electrons. The molecule has 0 atom stereocenters. The second kappa shape index (κ2) is 6.91. The van der Waals surface area contributed by atoms with E-state index in [1.165, 1.54) is 29.7 Å². The lowest BCUT2D eigenvalue weighted by Gasteiger charge is -2.24. The van der Waals surface area contributed by atoms with Gasteiger partial charge in [-0.05, 0) is 56.8 Å². The van der Waals surface area contributed by atoms with Crippen LogP contribution in [0.3, 0.4) is 0 Å². The Morgan fingerprint density at radius 1 is 1.24 bits per heavy atom. The predicted molar refractivity (Wildman–Crippen MR) is 86.7 cm³/mol. The van der Waals surface area contributed by atoms with Gasteiger partial charge < -0.3 is 10.2 Å². The molecule has 4 heteroatoms. The average molecular weight is 286 g/mol. The lowest BCUT2D eigenvalue weighted by Crippen LogP contribution is -2.23. The highest BCUT2D eigenvalue weighted by Crippen LogP contribution is 2.33. The zero-order chi connectivity index (χ0) is 15.4. The molecule has 1 aromatic rings. The quantitative estimate of drug-likeness (QED) is 0.904. The van der Waals surface area contributed by atoms with Gasteiger partial charge in [0, 0.05) is 18.8 Å². The highest BCUT2D eigenvalue weighted by Gasteiger charge is 2.23. The van der Waals surface area contributed by atoms with Crippen LogP contribution in [0, 0.1) is 11.3 Å². The molecule has 1 heterocycles. The summed E-state index contributed by atoms with van der Waals surface area (Å²) in [6.07, 6.45) is 4.48. The zero-order valence-electron chi connectivity index (χ0n) is 13.7. The lowest BCUT2D eigenvalue weighted by molar-refractivity contribution is 0.425. The van der Waals surface area contributed by atoms with Crippen LogP contribution >= 0.6 is 0 Å². The van der Waals surface area contributed by atoms with Gasteiger partial charge in [0.05, 0.1) is 5.56 Å². The van der Waals surface area contributed by atoms with E-state index < -0.39 is 0 Å². The van der Waals surface area contributed by atoms with Crippen LogP contribution in [0.4, 0.5) is 5.82 Å². The predicted octanol–water partition coefficient (Wildman–Crippen LogP) is 2.93. The summed E-state index contributed by atoms with van der Waals surface area (Å²) in [7, 11) is 4.10. The van der Waals surface area contributed by atoms with Crippen molar-refractivity contribution in [2.75, 3.05) is 32.5 Å². The summed E-state index contributed by atoms with van der Waals surface area (Å²) in [5, 5.41) is 12.9. The van der Waals surface area contributed by atoms with Crippen LogP contribution in [0.5, 0.6) is 0 Å². The van der Waals surface area contributed by atoms with Gasteiger partial charge in [0.1, 0.15) is 11.9 Å². The molecule has 0 aromatic carbocycles. The van der Waals surface area contributed by atoms with Gasteiger partial charge in [0.25, 0.3) is 0 Å². The minimum Gasteiger partial charge on any atom is -0.368 e. The van der Waals surface area contributed by atoms with Gasteiger partial charge in [-0.1, -0.05) is 13.8 Å². The molecule has 1 N–H and O–H groups in total. The molecule has 21 heavy (non-hydrogen) atoms. The van der Waals surface area contributed by atoms with Crippen molar-refractivity contribution >= 4 is 5.82 Å². The second-order valence-corrected chi connectivity index (χ2v) is 6.38. The summed E-state index contributed by atoms with van der Waals surface area (Å²) in [6.45, 7) is 6.12. The highest BCUT2D eigenvalue weighted by atomic mass is 15.1. The maximum Gasteiger partial charge on any atom is 0.144 e. The molecule has 1 aliphatic rings. The summed E-state index contributed by atoms with van der Waals surface area (Å²) in [5.74, 6) is 1.18. The van der Waals surface area contributed by atoms with Gasteiger partial charge in [-0.3, -0.25) is 0 Å². The van der Waals surface area contributed by atoms with E-state index in [0.29, 0.717) is 5.92 Å². The Bertz CT molecular complexity index is 541. The van der Waals surface area contributed by atoms with Gasteiger partial charge in [-0.15, -0.1) is 0 Å². The number of pyridine rings is 1. The number of likely N-dealkylation sites (N-methyl/N-ethyl adjacent to an activating group) is 1. The molecule has 114 valence electrons. The Balaban J connectivity index is 2.39. The number of nitrogens with one attached hydrogen (secondary N) is 1. The second-order valence-electron chi connectivity index (χ2n) is 6.38. The fourth-order valence-electron chi connectivity index (χ4n) is 2.97. The molecule has 0 saturated carbocycles. The van der Waals surface area contributed by atoms with Crippen LogP contribution in [0.2, 0.25) is 0 Å². The lowest BCUT2D eigenvalue weighted by atomic mass is 9.85. The standard InChI is InChI=1S/C17H26N4/c1-12(2)16-14-8-6-5-7-13(14)15(11-18)17(20-16)19-9-10-21(3)4/h12H,5-10H2,1-4H3,(H,19,20). The molecular weight excluding hydrogens is 260 g/mol. The number of fused-ring (bicyclic) bond motifs is 1. The van der Waals surface area contributed by atoms with Crippen LogP contribution in [-0.2, 0) is 12.8 Å². The number of rotatable bonds is 5. The Morgan fingerprint density at radius 3 is 2.48 bits per heavy atom. The van der Waals surface area contributed by atoms with E-state index in [4.69, 9.17) is 4.98 Å². The van der Waals surface area contributed by atoms with Crippen molar-refractivity contribution in [2.24, 2.45) is 0 Å². The van der Waals surface area contributed by atoms with Crippen molar-refractivity contribution < 1.29 is 0 Å². The van der Waals surface area contributed by atoms with Crippen LogP contribution in [0.15, 0.2) is 0 Å². The highest BCUT2D eigenvalue weighted by molar-refractivity contribution is 5.60. The van der Waals surface area contributed by atoms with Crippen molar-refractivity contribution in [3.8, 4) is 6.07 Å². The first kappa shape index (κ1) is 15.8. The molecule has 1 aromatic heterocycles. The maximum absolute atomic E-state index is 9.57. The number of aromatic nitrogens is 1. The van der Waals surface area contributed by atoms with Gasteiger partial charge in [-0.25, -0.2) is 4.98 Å². The van der Waals surface area contributed by atoms with Crippen LogP contribution in [-0.4, -0.2) is 37.1 Å². The van der Waals surface area contributed by atoms with Crippen molar-refractivity contribution in [2.45, 2.75) is 45.4 Å². The molecule has 0 amide bonds. The largest absolute Gasteiger partial charge is 0.368 e. The summed E-state index contributed by atoms with van der Waals surface area (Å²) < 4.78 is 0. The number of hydrogen-bond acceptors (Lipinski definition) is 4. The van der Waals surface area contributed by atoms with E-state index in [-0.39, 0.29) is 0 Å². The first-order chi connectivity index (χ1) is 10.0. The topological polar surface area (TPSA) is 52.0 Å². The molecule has 0 unspecified atom stereocenters. The third kappa shape index (κ3) is 3.54. The first-order valence-electron chi connectivity index (χ1n) is 7.89. The summed E-state index contributed by atoms with van der Waals surface area (Å²) in [5.41, 5.74) is 4.53. The SMILES string of the molecule is CC(C)c1nc(NCCN(C)C)c(C#N)c2c1CCCC2. The summed E-state index contributed by atoms with van der Waals surface area (Å²) >= 11 is 0. The third-order valence-corrected chi connectivity index (χ3v) is 4.06. The number of nitriles is 1. The molecule has 0 fully saturated rings. The Labute approximate surface area is 128 Å². The first-order valence-corrected chi connectivity index (χ1v) is 7.89. The summed E-state index contributed by atoms with van der Waals surface area (Å²) in [4.78, 5) is 6.93. The van der Waals surface area contributed by atoms with E-state index in [1.807, 2.05) is 14.1 Å². The summed E-state index contributed by atoms with van der Waals surface area (Å²) in [6, 6.07) is 2.39. The van der Waals surface area contributed by atoms with E-state index in [0.717, 1.165) is 37.3 Å². The average Bonchev–Trinajstić information content (AvgIpc) is 2.45. The molecule has 0 bridgehead atoms. The van der Waals surface area contributed by atoms with E-state index >= 15 is 0 Å². The fourth-order valence-corrected chi connectivity index (χ4v) is 2.97. The number of nitrogens with zero attached hydrogens (tertiary/aromatic N) is 3. The van der Waals surface area contributed by atoms with E-state index in [9.17, 15) is 5.26 Å². The smallest absolute Gasteiger partial charge is 0.144 e. The van der Waals surface area contributed by atoms with Crippen molar-refractivity contribution in [3.05, 3.63) is 22.4 Å². The third-order valence-electron chi connectivity index (χ3n) is 4.06. The van der Waals surface area contributed by atoms with E-state index in [2.05, 4.69) is 30.1 Å². The van der Waals surface area contributed by atoms with Gasteiger partial charge in [0.15, 0.2) is 0 Å². The van der Waals surface area contributed by atoms with Gasteiger partial charge in [0.2, 0.25) is 0 Å². The molecule has 0 saturated heterocycles. The number of hydrogen-bond donors (Lipinski definition) is 1. The van der Waals surface area contributed by atoms with Crippen LogP contribution in [0.1, 0.15) is 55.0 Å². The molecule has 1 aliphatic carbocycles.